The Morgan fingerprint density at radius 3 is 1.79 bits per heavy atom. The second-order valence-electron chi connectivity index (χ2n) is 20.5. The minimum atomic E-state index is -0.806. The predicted molar refractivity (Wildman–Crippen MR) is 330 cm³/mol. The third-order valence-corrected chi connectivity index (χ3v) is 14.7. The van der Waals surface area contributed by atoms with Gasteiger partial charge >= 0.3 is 0 Å². The SMILES string of the molecule is [2H]c1c([2H])c([2H])c(-c2cccc3c2-[n+]2[c-]n(-c4[c-]c(Oc5[c-]c6c(cc5)c5ccccc5n6-c5cc(C(C)(C)C)ccn5)ccc4)c4cccc(c42)-c2ccccc2-c2ccc(-c4c([2H])c(-c5c([2H])c([2H])c([2H])c([2H])c5[2H])c([2H])c(-c5c([2H])c([2H])c([2H])c([2H])c5[2H])c4[2H])cc2-3)c([2H])c1[2H].[Pt]. The second kappa shape index (κ2) is 20.5. The van der Waals surface area contributed by atoms with E-state index in [1.165, 1.54) is 0 Å². The number of pyridine rings is 1. The Hall–Kier alpha value is -9.67. The van der Waals surface area contributed by atoms with E-state index in [0.717, 1.165) is 33.2 Å². The number of hydrogen-bond acceptors (Lipinski definition) is 2. The van der Waals surface area contributed by atoms with Gasteiger partial charge in [-0.05, 0) is 142 Å². The Bertz CT molecular complexity index is 5720. The van der Waals surface area contributed by atoms with E-state index in [4.69, 9.17) is 27.5 Å². The molecule has 0 spiro atoms. The number of hydrogen-bond donors (Lipinski definition) is 0. The Kier molecular flexibility index (Phi) is 8.60. The molecule has 394 valence electrons. The van der Waals surface area contributed by atoms with Gasteiger partial charge in [-0.2, -0.15) is 18.2 Å². The minimum absolute atomic E-state index is 0. The van der Waals surface area contributed by atoms with Gasteiger partial charge in [0.15, 0.2) is 0 Å². The number of nitrogens with zero attached hydrogens (tertiary/aromatic N) is 4. The molecular weight excluding hydrogens is 1180 g/mol. The molecule has 0 radical (unpaired) electrons. The van der Waals surface area contributed by atoms with Gasteiger partial charge in [-0.25, -0.2) is 4.98 Å². The van der Waals surface area contributed by atoms with Gasteiger partial charge in [0.25, 0.3) is 6.33 Å². The fraction of sp³-hybridized carbons (Fsp3) is 0.0526. The molecule has 0 N–H and O–H groups in total. The van der Waals surface area contributed by atoms with Crippen LogP contribution in [0.3, 0.4) is 0 Å². The zero-order valence-electron chi connectivity index (χ0n) is 61.9. The summed E-state index contributed by atoms with van der Waals surface area (Å²) in [5, 5.41) is 1.95. The van der Waals surface area contributed by atoms with Crippen LogP contribution in [0, 0.1) is 18.5 Å². The van der Waals surface area contributed by atoms with E-state index in [0.29, 0.717) is 61.6 Å². The number of aromatic nitrogens is 4. The van der Waals surface area contributed by atoms with Crippen LogP contribution in [0.4, 0.5) is 0 Å². The quantitative estimate of drug-likeness (QED) is 0.112. The van der Waals surface area contributed by atoms with E-state index in [9.17, 15) is 6.85 Å². The van der Waals surface area contributed by atoms with Gasteiger partial charge in [0.2, 0.25) is 0 Å². The molecular formula is C76H52N4OPt-2. The van der Waals surface area contributed by atoms with Crippen molar-refractivity contribution in [1.82, 2.24) is 14.1 Å². The van der Waals surface area contributed by atoms with Crippen molar-refractivity contribution in [3.8, 4) is 107 Å². The maximum absolute atomic E-state index is 10.1. The van der Waals surface area contributed by atoms with E-state index in [1.807, 2.05) is 97.2 Å². The molecule has 82 heavy (non-hydrogen) atoms. The zero-order chi connectivity index (χ0) is 69.8. The molecule has 0 bridgehead atoms. The molecule has 5 nitrogen and oxygen atoms in total. The Morgan fingerprint density at radius 1 is 0.476 bits per heavy atom. The first-order chi connectivity index (χ1) is 47.3. The molecule has 0 amide bonds. The standard InChI is InChI=1S/C76H52N4O.Pt/c1-76(2,3)57-40-41-77-73(46-57)80-70-34-16-15-30-65(70)66-39-37-60(48-72(66)80)81-59-27-17-26-58(47-59)78-49-79-74-61(52-24-11-6-12-25-52)31-18-32-68(74)69-45-53(36-38-64(69)62-28-13-14-29-63(62)67-33-19-35-71(78)75(67)79)56-43-54(50-20-7-4-8-21-50)42-55(44-56)51-22-9-5-10-23-51;/h4-46H,1-3H3;/q-2;/i4D,5D,6D,7D,8D,9D,10D,11D,12D,20D,21D,22D,23D,24D,25D,42D,43D,44D;. The number of para-hydroxylation sites is 3. The molecule has 0 atom stereocenters. The molecule has 0 aliphatic carbocycles. The summed E-state index contributed by atoms with van der Waals surface area (Å²) in [4.78, 5) is 4.84. The summed E-state index contributed by atoms with van der Waals surface area (Å²) >= 11 is 0. The number of imidazole rings is 1. The van der Waals surface area contributed by atoms with E-state index >= 15 is 0 Å². The van der Waals surface area contributed by atoms with Crippen molar-refractivity contribution in [3.05, 3.63) is 285 Å². The fourth-order valence-corrected chi connectivity index (χ4v) is 10.9. The molecule has 0 fully saturated rings. The average Bonchev–Trinajstić information content (AvgIpc) is 1.16. The molecule has 14 aromatic rings. The Morgan fingerprint density at radius 2 is 1.06 bits per heavy atom. The van der Waals surface area contributed by atoms with Gasteiger partial charge in [0.1, 0.15) is 5.82 Å². The van der Waals surface area contributed by atoms with Gasteiger partial charge in [-0.1, -0.05) is 208 Å². The van der Waals surface area contributed by atoms with Gasteiger partial charge in [0.05, 0.1) is 41.4 Å². The largest absolute Gasteiger partial charge is 0.510 e. The van der Waals surface area contributed by atoms with Crippen molar-refractivity contribution in [2.75, 3.05) is 0 Å². The number of ether oxygens (including phenoxy) is 1. The monoisotopic (exact) mass is 1250 g/mol. The molecule has 0 unspecified atom stereocenters. The molecule has 0 saturated heterocycles. The number of benzene rings is 11. The van der Waals surface area contributed by atoms with Gasteiger partial charge in [0, 0.05) is 44.3 Å². The molecule has 0 saturated carbocycles. The summed E-state index contributed by atoms with van der Waals surface area (Å²) in [5.41, 5.74) is 5.21. The molecule has 11 aromatic carbocycles. The summed E-state index contributed by atoms with van der Waals surface area (Å²) in [6, 6.07) is 39.1. The third kappa shape index (κ3) is 8.77. The summed E-state index contributed by atoms with van der Waals surface area (Å²) < 4.78 is 176. The van der Waals surface area contributed by atoms with Crippen molar-refractivity contribution in [2.45, 2.75) is 26.2 Å². The number of rotatable bonds is 8. The Labute approximate surface area is 517 Å². The topological polar surface area (TPSA) is 35.9 Å². The van der Waals surface area contributed by atoms with Gasteiger partial charge < -0.3 is 13.9 Å². The van der Waals surface area contributed by atoms with Crippen molar-refractivity contribution in [1.29, 1.82) is 0 Å². The van der Waals surface area contributed by atoms with Crippen LogP contribution in [-0.2, 0) is 26.5 Å². The van der Waals surface area contributed by atoms with E-state index in [2.05, 4.69) is 55.9 Å². The van der Waals surface area contributed by atoms with E-state index < -0.39 is 131 Å². The van der Waals surface area contributed by atoms with Gasteiger partial charge in [-0.15, -0.1) is 29.7 Å². The first kappa shape index (κ1) is 34.5. The van der Waals surface area contributed by atoms with Crippen molar-refractivity contribution >= 4 is 32.8 Å². The van der Waals surface area contributed by atoms with Crippen LogP contribution >= 0.6 is 0 Å². The summed E-state index contributed by atoms with van der Waals surface area (Å²) in [6.07, 6.45) is 5.44. The summed E-state index contributed by atoms with van der Waals surface area (Å²) in [7, 11) is 0. The van der Waals surface area contributed by atoms with Gasteiger partial charge in [-0.3, -0.25) is 4.57 Å². The van der Waals surface area contributed by atoms with Crippen molar-refractivity contribution in [3.63, 3.8) is 0 Å². The summed E-state index contributed by atoms with van der Waals surface area (Å²) in [5.74, 6) is 1.42. The minimum Gasteiger partial charge on any atom is -0.510 e. The number of fused-ring (bicyclic) bond motifs is 10. The van der Waals surface area contributed by atoms with Crippen LogP contribution in [0.1, 0.15) is 51.0 Å². The molecule has 4 heterocycles. The molecule has 1 aliphatic heterocycles. The molecule has 6 heteroatoms. The van der Waals surface area contributed by atoms with Crippen LogP contribution in [0.2, 0.25) is 0 Å². The average molecular weight is 1250 g/mol. The third-order valence-electron chi connectivity index (χ3n) is 14.7. The smallest absolute Gasteiger partial charge is 0.268 e. The molecule has 1 aliphatic rings. The maximum atomic E-state index is 10.1. The fourth-order valence-electron chi connectivity index (χ4n) is 10.9. The first-order valence-electron chi connectivity index (χ1n) is 35.1. The van der Waals surface area contributed by atoms with Crippen LogP contribution in [-0.4, -0.2) is 14.1 Å². The van der Waals surface area contributed by atoms with Crippen LogP contribution in [0.25, 0.3) is 128 Å². The first-order valence-corrected chi connectivity index (χ1v) is 26.1. The van der Waals surface area contributed by atoms with E-state index in [1.54, 1.807) is 51.6 Å². The Balaban J connectivity index is 0.00000851. The normalized spacial score (nSPS) is 14.8. The van der Waals surface area contributed by atoms with E-state index in [-0.39, 0.29) is 54.4 Å². The zero-order valence-corrected chi connectivity index (χ0v) is 46.2. The van der Waals surface area contributed by atoms with Crippen LogP contribution in [0.5, 0.6) is 11.5 Å². The summed E-state index contributed by atoms with van der Waals surface area (Å²) in [6.45, 7) is 6.46. The molecule has 3 aromatic heterocycles. The molecule has 15 rings (SSSR count). The van der Waals surface area contributed by atoms with Crippen LogP contribution in [0.15, 0.2) is 261 Å². The van der Waals surface area contributed by atoms with Crippen molar-refractivity contribution < 1.29 is 55.0 Å². The maximum Gasteiger partial charge on any atom is 0.268 e. The second-order valence-corrected chi connectivity index (χ2v) is 20.5. The van der Waals surface area contributed by atoms with Crippen LogP contribution < -0.4 is 9.30 Å². The van der Waals surface area contributed by atoms with Crippen molar-refractivity contribution in [2.24, 2.45) is 0 Å². The predicted octanol–water partition coefficient (Wildman–Crippen LogP) is 18.9.